The van der Waals surface area contributed by atoms with E-state index in [-0.39, 0.29) is 0 Å². The molecule has 0 fully saturated rings. The zero-order chi connectivity index (χ0) is 15.2. The topological polar surface area (TPSA) is 26.2 Å². The molecule has 2 rings (SSSR count). The molecule has 0 aliphatic heterocycles. The van der Waals surface area contributed by atoms with Gasteiger partial charge in [-0.15, -0.1) is 0 Å². The second-order valence-corrected chi connectivity index (χ2v) is 5.61. The molecule has 0 unspecified atom stereocenters. The fourth-order valence-corrected chi connectivity index (χ4v) is 2.80. The van der Waals surface area contributed by atoms with E-state index < -0.39 is 0 Å². The molecule has 0 bridgehead atoms. The highest BCUT2D eigenvalue weighted by Gasteiger charge is 2.12. The van der Waals surface area contributed by atoms with Gasteiger partial charge in [-0.2, -0.15) is 0 Å². The predicted molar refractivity (Wildman–Crippen MR) is 88.5 cm³/mol. The predicted octanol–water partition coefficient (Wildman–Crippen LogP) is 3.87. The van der Waals surface area contributed by atoms with Crippen molar-refractivity contribution in [2.75, 3.05) is 20.3 Å². The number of nitrogens with one attached hydrogen (secondary N) is 1. The summed E-state index contributed by atoms with van der Waals surface area (Å²) >= 11 is 6.32. The molecule has 1 N–H and O–H groups in total. The van der Waals surface area contributed by atoms with Crippen LogP contribution in [0.3, 0.4) is 0 Å². The van der Waals surface area contributed by atoms with E-state index in [1.54, 1.807) is 7.11 Å². The third-order valence-corrected chi connectivity index (χ3v) is 3.97. The van der Waals surface area contributed by atoms with Crippen LogP contribution < -0.4 is 5.32 Å². The van der Waals surface area contributed by atoms with E-state index in [0.29, 0.717) is 0 Å². The SMILES string of the molecule is COCCCNCc1cc(C)n(-c2ccccc2Cl)c1C. The van der Waals surface area contributed by atoms with Crippen LogP contribution in [0.25, 0.3) is 5.69 Å². The van der Waals surface area contributed by atoms with E-state index >= 15 is 0 Å². The van der Waals surface area contributed by atoms with Crippen LogP contribution in [-0.2, 0) is 11.3 Å². The van der Waals surface area contributed by atoms with Crippen molar-refractivity contribution >= 4 is 11.6 Å². The van der Waals surface area contributed by atoms with E-state index in [4.69, 9.17) is 16.3 Å². The van der Waals surface area contributed by atoms with Crippen molar-refractivity contribution in [1.29, 1.82) is 0 Å². The number of aromatic nitrogens is 1. The van der Waals surface area contributed by atoms with Gasteiger partial charge in [0.1, 0.15) is 0 Å². The first-order valence-corrected chi connectivity index (χ1v) is 7.65. The highest BCUT2D eigenvalue weighted by Crippen LogP contribution is 2.26. The molecule has 4 heteroatoms. The number of nitrogens with zero attached hydrogens (tertiary/aromatic N) is 1. The van der Waals surface area contributed by atoms with Gasteiger partial charge in [0.2, 0.25) is 0 Å². The van der Waals surface area contributed by atoms with Gasteiger partial charge in [0.25, 0.3) is 0 Å². The van der Waals surface area contributed by atoms with Crippen molar-refractivity contribution in [3.8, 4) is 5.69 Å². The Hall–Kier alpha value is -1.29. The Morgan fingerprint density at radius 2 is 2.00 bits per heavy atom. The highest BCUT2D eigenvalue weighted by atomic mass is 35.5. The molecule has 0 spiro atoms. The normalized spacial score (nSPS) is 11.0. The average molecular weight is 307 g/mol. The van der Waals surface area contributed by atoms with E-state index in [2.05, 4.69) is 35.9 Å². The Labute approximate surface area is 131 Å². The maximum absolute atomic E-state index is 6.32. The minimum absolute atomic E-state index is 0.777. The smallest absolute Gasteiger partial charge is 0.0646 e. The summed E-state index contributed by atoms with van der Waals surface area (Å²) in [6.07, 6.45) is 1.03. The number of hydrogen-bond donors (Lipinski definition) is 1. The Kier molecular flexibility index (Phi) is 5.85. The molecule has 0 radical (unpaired) electrons. The molecule has 0 saturated heterocycles. The van der Waals surface area contributed by atoms with Crippen molar-refractivity contribution in [3.05, 3.63) is 52.3 Å². The Bertz CT molecular complexity index is 592. The lowest BCUT2D eigenvalue weighted by Crippen LogP contribution is -2.16. The van der Waals surface area contributed by atoms with Crippen LogP contribution in [0.1, 0.15) is 23.4 Å². The summed E-state index contributed by atoms with van der Waals surface area (Å²) in [6.45, 7) is 6.89. The molecule has 21 heavy (non-hydrogen) atoms. The third kappa shape index (κ3) is 3.88. The second-order valence-electron chi connectivity index (χ2n) is 5.21. The number of rotatable bonds is 7. The van der Waals surface area contributed by atoms with Gasteiger partial charge in [-0.05, 0) is 50.6 Å². The van der Waals surface area contributed by atoms with Gasteiger partial charge in [0.05, 0.1) is 10.7 Å². The summed E-state index contributed by atoms with van der Waals surface area (Å²) in [7, 11) is 1.73. The van der Waals surface area contributed by atoms with Crippen LogP contribution in [-0.4, -0.2) is 24.8 Å². The largest absolute Gasteiger partial charge is 0.385 e. The number of para-hydroxylation sites is 1. The minimum atomic E-state index is 0.777. The zero-order valence-electron chi connectivity index (χ0n) is 12.9. The fourth-order valence-electron chi connectivity index (χ4n) is 2.58. The minimum Gasteiger partial charge on any atom is -0.385 e. The molecule has 1 heterocycles. The summed E-state index contributed by atoms with van der Waals surface area (Å²) < 4.78 is 7.27. The fraction of sp³-hybridized carbons (Fsp3) is 0.412. The Balaban J connectivity index is 2.13. The standard InChI is InChI=1S/C17H23ClN2O/c1-13-11-15(12-19-9-6-10-21-3)14(2)20(13)17-8-5-4-7-16(17)18/h4-5,7-8,11,19H,6,9-10,12H2,1-3H3. The van der Waals surface area contributed by atoms with Gasteiger partial charge >= 0.3 is 0 Å². The van der Waals surface area contributed by atoms with Crippen molar-refractivity contribution in [3.63, 3.8) is 0 Å². The summed E-state index contributed by atoms with van der Waals surface area (Å²) in [5.41, 5.74) is 4.79. The molecule has 1 aromatic heterocycles. The van der Waals surface area contributed by atoms with Gasteiger partial charge in [-0.25, -0.2) is 0 Å². The maximum atomic E-state index is 6.32. The lowest BCUT2D eigenvalue weighted by molar-refractivity contribution is 0.194. The third-order valence-electron chi connectivity index (χ3n) is 3.65. The molecule has 0 amide bonds. The number of hydrogen-bond acceptors (Lipinski definition) is 2. The van der Waals surface area contributed by atoms with Gasteiger partial charge in [-0.1, -0.05) is 23.7 Å². The lowest BCUT2D eigenvalue weighted by Gasteiger charge is -2.12. The van der Waals surface area contributed by atoms with Crippen LogP contribution in [0.4, 0.5) is 0 Å². The van der Waals surface area contributed by atoms with Gasteiger partial charge in [-0.3, -0.25) is 0 Å². The van der Waals surface area contributed by atoms with Crippen molar-refractivity contribution in [1.82, 2.24) is 9.88 Å². The molecule has 0 aliphatic rings. The van der Waals surface area contributed by atoms with Crippen molar-refractivity contribution < 1.29 is 4.74 Å². The molecular weight excluding hydrogens is 284 g/mol. The van der Waals surface area contributed by atoms with Gasteiger partial charge in [0.15, 0.2) is 0 Å². The van der Waals surface area contributed by atoms with Gasteiger partial charge < -0.3 is 14.6 Å². The molecule has 0 saturated carbocycles. The Morgan fingerprint density at radius 3 is 2.71 bits per heavy atom. The van der Waals surface area contributed by atoms with Crippen LogP contribution in [0.15, 0.2) is 30.3 Å². The van der Waals surface area contributed by atoms with E-state index in [1.165, 1.54) is 17.0 Å². The molecule has 3 nitrogen and oxygen atoms in total. The zero-order valence-corrected chi connectivity index (χ0v) is 13.7. The number of benzene rings is 1. The summed E-state index contributed by atoms with van der Waals surface area (Å²) in [5.74, 6) is 0. The molecule has 1 aromatic carbocycles. The van der Waals surface area contributed by atoms with Crippen LogP contribution >= 0.6 is 11.6 Å². The van der Waals surface area contributed by atoms with E-state index in [9.17, 15) is 0 Å². The Morgan fingerprint density at radius 1 is 1.24 bits per heavy atom. The first-order valence-electron chi connectivity index (χ1n) is 7.27. The number of ether oxygens (including phenoxy) is 1. The van der Waals surface area contributed by atoms with Crippen molar-refractivity contribution in [2.24, 2.45) is 0 Å². The number of aryl methyl sites for hydroxylation is 1. The van der Waals surface area contributed by atoms with Crippen LogP contribution in [0.5, 0.6) is 0 Å². The molecule has 2 aromatic rings. The highest BCUT2D eigenvalue weighted by molar-refractivity contribution is 6.32. The quantitative estimate of drug-likeness (QED) is 0.786. The van der Waals surface area contributed by atoms with Gasteiger partial charge in [0, 0.05) is 31.6 Å². The molecule has 114 valence electrons. The van der Waals surface area contributed by atoms with E-state index in [0.717, 1.165) is 36.8 Å². The lowest BCUT2D eigenvalue weighted by atomic mass is 10.2. The summed E-state index contributed by atoms with van der Waals surface area (Å²) in [6, 6.07) is 10.2. The van der Waals surface area contributed by atoms with Crippen molar-refractivity contribution in [2.45, 2.75) is 26.8 Å². The molecule has 0 aliphatic carbocycles. The van der Waals surface area contributed by atoms with Crippen LogP contribution in [0, 0.1) is 13.8 Å². The summed E-state index contributed by atoms with van der Waals surface area (Å²) in [4.78, 5) is 0. The first kappa shape index (κ1) is 16.1. The monoisotopic (exact) mass is 306 g/mol. The second kappa shape index (κ2) is 7.64. The number of methoxy groups -OCH3 is 1. The first-order chi connectivity index (χ1) is 10.1. The molecule has 0 atom stereocenters. The maximum Gasteiger partial charge on any atom is 0.0646 e. The van der Waals surface area contributed by atoms with Crippen LogP contribution in [0.2, 0.25) is 5.02 Å². The van der Waals surface area contributed by atoms with E-state index in [1.807, 2.05) is 18.2 Å². The summed E-state index contributed by atoms with van der Waals surface area (Å²) in [5, 5.41) is 4.23. The molecular formula is C17H23ClN2O. The number of halogens is 1. The average Bonchev–Trinajstić information content (AvgIpc) is 2.74.